The Morgan fingerprint density at radius 2 is 1.83 bits per heavy atom. The molecule has 0 bridgehead atoms. The molecular weight excluding hydrogens is 382 g/mol. The summed E-state index contributed by atoms with van der Waals surface area (Å²) in [7, 11) is 0. The molecule has 0 aliphatic carbocycles. The van der Waals surface area contributed by atoms with Crippen LogP contribution in [0.15, 0.2) is 10.6 Å². The van der Waals surface area contributed by atoms with Gasteiger partial charge in [0.15, 0.2) is 5.82 Å². The predicted molar refractivity (Wildman–Crippen MR) is 112 cm³/mol. The lowest BCUT2D eigenvalue weighted by Crippen LogP contribution is -2.26. The third-order valence-corrected chi connectivity index (χ3v) is 4.83. The van der Waals surface area contributed by atoms with Gasteiger partial charge < -0.3 is 9.84 Å². The van der Waals surface area contributed by atoms with E-state index >= 15 is 0 Å². The van der Waals surface area contributed by atoms with E-state index in [9.17, 15) is 4.79 Å². The Balaban J connectivity index is 1.56. The Bertz CT molecular complexity index is 1020. The molecule has 0 saturated heterocycles. The van der Waals surface area contributed by atoms with Gasteiger partial charge >= 0.3 is 0 Å². The van der Waals surface area contributed by atoms with Crippen LogP contribution in [0, 0.1) is 27.7 Å². The van der Waals surface area contributed by atoms with Gasteiger partial charge in [-0.15, -0.1) is 0 Å². The van der Waals surface area contributed by atoms with Crippen LogP contribution < -0.4 is 5.32 Å². The Hall–Kier alpha value is -3.10. The van der Waals surface area contributed by atoms with Gasteiger partial charge in [-0.05, 0) is 40.2 Å². The highest BCUT2D eigenvalue weighted by molar-refractivity contribution is 5.79. The summed E-state index contributed by atoms with van der Waals surface area (Å²) in [5.74, 6) is 2.04. The fraction of sp³-hybridized carbons (Fsp3) is 0.524. The third-order valence-electron chi connectivity index (χ3n) is 4.83. The van der Waals surface area contributed by atoms with Crippen molar-refractivity contribution < 1.29 is 9.32 Å². The number of aryl methyl sites for hydroxylation is 4. The van der Waals surface area contributed by atoms with E-state index in [4.69, 9.17) is 4.52 Å². The number of carbonyl (C=O) groups excluding carboxylic acids is 1. The van der Waals surface area contributed by atoms with Crippen LogP contribution in [0.3, 0.4) is 0 Å². The molecule has 0 aromatic carbocycles. The Morgan fingerprint density at radius 1 is 1.13 bits per heavy atom. The molecule has 0 unspecified atom stereocenters. The Morgan fingerprint density at radius 3 is 2.47 bits per heavy atom. The summed E-state index contributed by atoms with van der Waals surface area (Å²) in [6, 6.07) is 1.92. The van der Waals surface area contributed by atoms with E-state index in [0.717, 1.165) is 34.8 Å². The molecule has 30 heavy (non-hydrogen) atoms. The number of hydrogen-bond acceptors (Lipinski definition) is 7. The summed E-state index contributed by atoms with van der Waals surface area (Å²) in [4.78, 5) is 25.7. The molecule has 3 rings (SSSR count). The number of hydrogen-bond donors (Lipinski definition) is 1. The van der Waals surface area contributed by atoms with Crippen molar-refractivity contribution in [2.45, 2.75) is 66.7 Å². The van der Waals surface area contributed by atoms with E-state index in [0.29, 0.717) is 30.6 Å². The van der Waals surface area contributed by atoms with Gasteiger partial charge in [-0.1, -0.05) is 19.0 Å². The molecule has 9 heteroatoms. The third kappa shape index (κ3) is 5.08. The zero-order valence-electron chi connectivity index (χ0n) is 18.5. The van der Waals surface area contributed by atoms with Gasteiger partial charge in [0, 0.05) is 41.5 Å². The lowest BCUT2D eigenvalue weighted by molar-refractivity contribution is -0.120. The molecule has 0 atom stereocenters. The molecule has 1 amide bonds. The van der Waals surface area contributed by atoms with E-state index in [1.807, 2.05) is 47.6 Å². The number of carbonyl (C=O) groups is 1. The lowest BCUT2D eigenvalue weighted by Gasteiger charge is -2.07. The summed E-state index contributed by atoms with van der Waals surface area (Å²) in [5.41, 5.74) is 4.34. The summed E-state index contributed by atoms with van der Waals surface area (Å²) in [5, 5.41) is 11.5. The van der Waals surface area contributed by atoms with E-state index in [2.05, 4.69) is 30.5 Å². The zero-order valence-corrected chi connectivity index (χ0v) is 18.5. The van der Waals surface area contributed by atoms with Gasteiger partial charge in [-0.25, -0.2) is 14.6 Å². The molecule has 0 radical (unpaired) electrons. The molecule has 3 heterocycles. The average molecular weight is 412 g/mol. The molecule has 0 saturated carbocycles. The van der Waals surface area contributed by atoms with Crippen molar-refractivity contribution in [1.29, 1.82) is 0 Å². The van der Waals surface area contributed by atoms with Crippen molar-refractivity contribution in [1.82, 2.24) is 35.2 Å². The van der Waals surface area contributed by atoms with Crippen molar-refractivity contribution in [3.8, 4) is 5.95 Å². The van der Waals surface area contributed by atoms with E-state index in [1.165, 1.54) is 0 Å². The molecule has 0 spiro atoms. The molecular formula is C21H29N7O2. The fourth-order valence-corrected chi connectivity index (χ4v) is 3.22. The van der Waals surface area contributed by atoms with Gasteiger partial charge in [0.2, 0.25) is 11.8 Å². The molecule has 0 fully saturated rings. The number of amides is 1. The first-order valence-electron chi connectivity index (χ1n) is 10.2. The SMILES string of the molecule is Cc1cc(C)nc(-n2nc(C)c(CC(=O)NCCCc3nc(C(C)C)no3)c2C)n1. The van der Waals surface area contributed by atoms with Gasteiger partial charge in [0.05, 0.1) is 12.1 Å². The predicted octanol–water partition coefficient (Wildman–Crippen LogP) is 2.69. The topological polar surface area (TPSA) is 112 Å². The van der Waals surface area contributed by atoms with Crippen molar-refractivity contribution in [2.24, 2.45) is 0 Å². The summed E-state index contributed by atoms with van der Waals surface area (Å²) in [6.45, 7) is 12.3. The maximum absolute atomic E-state index is 12.4. The van der Waals surface area contributed by atoms with E-state index in [-0.39, 0.29) is 18.2 Å². The quantitative estimate of drug-likeness (QED) is 0.567. The van der Waals surface area contributed by atoms with Gasteiger partial charge in [-0.3, -0.25) is 4.79 Å². The van der Waals surface area contributed by atoms with Crippen LogP contribution in [0.25, 0.3) is 5.95 Å². The summed E-state index contributed by atoms with van der Waals surface area (Å²) >= 11 is 0. The first-order chi connectivity index (χ1) is 14.2. The van der Waals surface area contributed by atoms with Crippen LogP contribution in [0.2, 0.25) is 0 Å². The van der Waals surface area contributed by atoms with E-state index < -0.39 is 0 Å². The van der Waals surface area contributed by atoms with Crippen LogP contribution in [0.5, 0.6) is 0 Å². The Labute approximate surface area is 176 Å². The minimum atomic E-state index is -0.0458. The van der Waals surface area contributed by atoms with Crippen LogP contribution in [0.1, 0.15) is 66.2 Å². The smallest absolute Gasteiger partial charge is 0.251 e. The second-order valence-electron chi connectivity index (χ2n) is 7.84. The minimum Gasteiger partial charge on any atom is -0.356 e. The Kier molecular flexibility index (Phi) is 6.59. The number of aromatic nitrogens is 6. The number of nitrogens with one attached hydrogen (secondary N) is 1. The molecule has 1 N–H and O–H groups in total. The van der Waals surface area contributed by atoms with Crippen LogP contribution in [-0.4, -0.2) is 42.3 Å². The fourth-order valence-electron chi connectivity index (χ4n) is 3.22. The number of nitrogens with zero attached hydrogens (tertiary/aromatic N) is 6. The van der Waals surface area contributed by atoms with Gasteiger partial charge in [0.1, 0.15) is 0 Å². The second kappa shape index (κ2) is 9.15. The highest BCUT2D eigenvalue weighted by Crippen LogP contribution is 2.17. The van der Waals surface area contributed by atoms with Crippen molar-refractivity contribution in [2.75, 3.05) is 6.54 Å². The maximum Gasteiger partial charge on any atom is 0.251 e. The highest BCUT2D eigenvalue weighted by Gasteiger charge is 2.17. The first-order valence-corrected chi connectivity index (χ1v) is 10.2. The zero-order chi connectivity index (χ0) is 21.8. The van der Waals surface area contributed by atoms with E-state index in [1.54, 1.807) is 4.68 Å². The van der Waals surface area contributed by atoms with Gasteiger partial charge in [-0.2, -0.15) is 10.1 Å². The summed E-state index contributed by atoms with van der Waals surface area (Å²) in [6.07, 6.45) is 1.64. The molecule has 160 valence electrons. The molecule has 0 aliphatic rings. The molecule has 3 aromatic heterocycles. The van der Waals surface area contributed by atoms with Gasteiger partial charge in [0.25, 0.3) is 5.95 Å². The minimum absolute atomic E-state index is 0.0458. The molecule has 9 nitrogen and oxygen atoms in total. The number of rotatable bonds is 8. The average Bonchev–Trinajstić information content (AvgIpc) is 3.25. The van der Waals surface area contributed by atoms with Crippen molar-refractivity contribution >= 4 is 5.91 Å². The monoisotopic (exact) mass is 411 g/mol. The second-order valence-corrected chi connectivity index (χ2v) is 7.84. The molecule has 0 aliphatic heterocycles. The van der Waals surface area contributed by atoms with Crippen molar-refractivity contribution in [3.05, 3.63) is 46.1 Å². The largest absolute Gasteiger partial charge is 0.356 e. The standard InChI is InChI=1S/C21H29N7O2/c1-12(2)20-25-19(30-27-20)8-7-9-22-18(29)11-17-15(5)26-28(16(17)6)21-23-13(3)10-14(4)24-21/h10,12H,7-9,11H2,1-6H3,(H,22,29). The van der Waals surface area contributed by atoms with Crippen LogP contribution in [-0.2, 0) is 17.6 Å². The normalized spacial score (nSPS) is 11.3. The maximum atomic E-state index is 12.4. The highest BCUT2D eigenvalue weighted by atomic mass is 16.5. The van der Waals surface area contributed by atoms with Crippen molar-refractivity contribution in [3.63, 3.8) is 0 Å². The summed E-state index contributed by atoms with van der Waals surface area (Å²) < 4.78 is 6.93. The van der Waals surface area contributed by atoms with Crippen LogP contribution in [0.4, 0.5) is 0 Å². The molecule has 3 aromatic rings. The first kappa shape index (κ1) is 21.6. The van der Waals surface area contributed by atoms with Crippen LogP contribution >= 0.6 is 0 Å². The lowest BCUT2D eigenvalue weighted by atomic mass is 10.1.